The average molecular weight is 652 g/mol. The van der Waals surface area contributed by atoms with Gasteiger partial charge in [-0.2, -0.15) is 0 Å². The lowest BCUT2D eigenvalue weighted by Crippen LogP contribution is -2.57. The summed E-state index contributed by atoms with van der Waals surface area (Å²) in [4.78, 5) is 54.9. The standard InChI is InChI=1S/C31H42ClN3O8S/c1-5-20-16-31(20,28(38)34-44(40,41)22-12-13-22)33-26(36)25-15-21(17-35(25)29(39)43-30(2,3)4)42-27(37)19-9-6-10-23-18(14-19)8-7-11-24(23)32/h7-8,11,19-22,25H,5-6,9-10,12-17H2,1-4H3,(H,33,36)(H,34,38)/t19?,20-,21-,25+,31-/m1/s1. The number of nitrogens with one attached hydrogen (secondary N) is 2. The largest absolute Gasteiger partial charge is 0.460 e. The van der Waals surface area contributed by atoms with Gasteiger partial charge in [-0.1, -0.05) is 37.1 Å². The minimum Gasteiger partial charge on any atom is -0.460 e. The molecule has 1 saturated heterocycles. The van der Waals surface area contributed by atoms with E-state index in [0.717, 1.165) is 24.0 Å². The number of sulfonamides is 1. The van der Waals surface area contributed by atoms with Crippen molar-refractivity contribution in [3.05, 3.63) is 34.3 Å². The summed E-state index contributed by atoms with van der Waals surface area (Å²) in [5, 5.41) is 2.88. The van der Waals surface area contributed by atoms with Gasteiger partial charge in [-0.05, 0) is 88.8 Å². The van der Waals surface area contributed by atoms with Crippen LogP contribution in [-0.2, 0) is 46.7 Å². The van der Waals surface area contributed by atoms with E-state index in [-0.39, 0.29) is 25.3 Å². The van der Waals surface area contributed by atoms with Gasteiger partial charge in [0, 0.05) is 11.4 Å². The average Bonchev–Trinajstić information content (AvgIpc) is 3.84. The second-order valence-electron chi connectivity index (χ2n) is 13.6. The number of likely N-dealkylation sites (tertiary alicyclic amines) is 1. The van der Waals surface area contributed by atoms with Crippen LogP contribution in [0.4, 0.5) is 4.79 Å². The second kappa shape index (κ2) is 12.2. The van der Waals surface area contributed by atoms with Gasteiger partial charge in [0.05, 0.1) is 17.7 Å². The number of hydrogen-bond acceptors (Lipinski definition) is 8. The first-order chi connectivity index (χ1) is 20.6. The van der Waals surface area contributed by atoms with Crippen LogP contribution < -0.4 is 10.0 Å². The molecule has 0 aromatic heterocycles. The topological polar surface area (TPSA) is 148 Å². The molecule has 1 aromatic rings. The fourth-order valence-electron chi connectivity index (χ4n) is 6.38. The van der Waals surface area contributed by atoms with E-state index in [9.17, 15) is 27.6 Å². The van der Waals surface area contributed by atoms with Crippen molar-refractivity contribution in [2.45, 2.75) is 114 Å². The summed E-state index contributed by atoms with van der Waals surface area (Å²) in [6.45, 7) is 6.93. The Kier molecular flexibility index (Phi) is 8.98. The third kappa shape index (κ3) is 7.01. The van der Waals surface area contributed by atoms with Crippen molar-refractivity contribution < 1.29 is 37.1 Å². The summed E-state index contributed by atoms with van der Waals surface area (Å²) in [7, 11) is -3.82. The molecule has 5 rings (SSSR count). The lowest BCUT2D eigenvalue weighted by molar-refractivity contribution is -0.153. The molecular formula is C31H42ClN3O8S. The molecule has 3 fully saturated rings. The molecule has 13 heteroatoms. The number of hydrogen-bond donors (Lipinski definition) is 2. The molecule has 0 radical (unpaired) electrons. The van der Waals surface area contributed by atoms with Crippen molar-refractivity contribution in [2.75, 3.05) is 6.54 Å². The number of esters is 1. The van der Waals surface area contributed by atoms with Crippen LogP contribution in [0.3, 0.4) is 0 Å². The van der Waals surface area contributed by atoms with E-state index in [1.54, 1.807) is 20.8 Å². The highest BCUT2D eigenvalue weighted by Crippen LogP contribution is 2.47. The zero-order chi connectivity index (χ0) is 32.0. The van der Waals surface area contributed by atoms with Gasteiger partial charge in [-0.15, -0.1) is 0 Å². The summed E-state index contributed by atoms with van der Waals surface area (Å²) >= 11 is 6.39. The van der Waals surface area contributed by atoms with Gasteiger partial charge in [0.25, 0.3) is 5.91 Å². The fourth-order valence-corrected chi connectivity index (χ4v) is 8.03. The Morgan fingerprint density at radius 2 is 1.86 bits per heavy atom. The number of amides is 3. The van der Waals surface area contributed by atoms with E-state index in [1.807, 2.05) is 25.1 Å². The van der Waals surface area contributed by atoms with Gasteiger partial charge in [0.2, 0.25) is 15.9 Å². The number of rotatable bonds is 8. The molecule has 44 heavy (non-hydrogen) atoms. The van der Waals surface area contributed by atoms with Crippen molar-refractivity contribution in [3.63, 3.8) is 0 Å². The maximum Gasteiger partial charge on any atom is 0.411 e. The number of fused-ring (bicyclic) bond motifs is 1. The number of carbonyl (C=O) groups is 4. The Labute approximate surface area is 263 Å². The van der Waals surface area contributed by atoms with Gasteiger partial charge in [0.15, 0.2) is 0 Å². The molecule has 0 bridgehead atoms. The fraction of sp³-hybridized carbons (Fsp3) is 0.677. The smallest absolute Gasteiger partial charge is 0.411 e. The van der Waals surface area contributed by atoms with Crippen molar-refractivity contribution >= 4 is 45.5 Å². The summed E-state index contributed by atoms with van der Waals surface area (Å²) in [6.07, 6.45) is 2.97. The third-order valence-corrected chi connectivity index (χ3v) is 11.2. The molecule has 11 nitrogen and oxygen atoms in total. The molecule has 0 spiro atoms. The first-order valence-corrected chi connectivity index (χ1v) is 17.4. The molecule has 2 saturated carbocycles. The molecule has 5 atom stereocenters. The molecule has 1 aliphatic heterocycles. The molecule has 1 heterocycles. The maximum atomic E-state index is 13.8. The van der Waals surface area contributed by atoms with Crippen LogP contribution in [0.15, 0.2) is 18.2 Å². The van der Waals surface area contributed by atoms with Crippen LogP contribution >= 0.6 is 11.6 Å². The van der Waals surface area contributed by atoms with E-state index < -0.39 is 68.4 Å². The van der Waals surface area contributed by atoms with Gasteiger partial charge in [0.1, 0.15) is 23.3 Å². The summed E-state index contributed by atoms with van der Waals surface area (Å²) in [6, 6.07) is 4.60. The zero-order valence-corrected chi connectivity index (χ0v) is 27.3. The number of benzene rings is 1. The highest BCUT2D eigenvalue weighted by molar-refractivity contribution is 7.91. The minimum atomic E-state index is -3.82. The Hall–Kier alpha value is -2.86. The lowest BCUT2D eigenvalue weighted by atomic mass is 9.97. The summed E-state index contributed by atoms with van der Waals surface area (Å²) in [5.74, 6) is -2.43. The van der Waals surface area contributed by atoms with Crippen molar-refractivity contribution in [2.24, 2.45) is 11.8 Å². The molecular weight excluding hydrogens is 610 g/mol. The first kappa shape index (κ1) is 32.5. The highest BCUT2D eigenvalue weighted by atomic mass is 35.5. The van der Waals surface area contributed by atoms with Gasteiger partial charge in [-0.3, -0.25) is 24.0 Å². The molecule has 3 aliphatic carbocycles. The van der Waals surface area contributed by atoms with Gasteiger partial charge in [-0.25, -0.2) is 13.2 Å². The number of halogens is 1. The van der Waals surface area contributed by atoms with Crippen LogP contribution in [0, 0.1) is 11.8 Å². The normalized spacial score (nSPS) is 28.3. The van der Waals surface area contributed by atoms with E-state index in [4.69, 9.17) is 21.1 Å². The lowest BCUT2D eigenvalue weighted by Gasteiger charge is -2.29. The minimum absolute atomic E-state index is 0.0147. The van der Waals surface area contributed by atoms with Crippen molar-refractivity contribution in [1.29, 1.82) is 0 Å². The van der Waals surface area contributed by atoms with Gasteiger partial charge >= 0.3 is 12.1 Å². The van der Waals surface area contributed by atoms with Gasteiger partial charge < -0.3 is 14.8 Å². The Bertz CT molecular complexity index is 1440. The Morgan fingerprint density at radius 3 is 2.50 bits per heavy atom. The van der Waals surface area contributed by atoms with E-state index in [2.05, 4.69) is 10.0 Å². The summed E-state index contributed by atoms with van der Waals surface area (Å²) in [5.41, 5.74) is -0.175. The molecule has 2 N–H and O–H groups in total. The third-order valence-electron chi connectivity index (χ3n) is 9.02. The van der Waals surface area contributed by atoms with Crippen LogP contribution in [0.1, 0.15) is 83.8 Å². The van der Waals surface area contributed by atoms with E-state index in [1.165, 1.54) is 4.90 Å². The number of nitrogens with zero attached hydrogens (tertiary/aromatic N) is 1. The monoisotopic (exact) mass is 651 g/mol. The quantitative estimate of drug-likeness (QED) is 0.320. The van der Waals surface area contributed by atoms with Crippen molar-refractivity contribution in [1.82, 2.24) is 14.9 Å². The molecule has 242 valence electrons. The van der Waals surface area contributed by atoms with E-state index in [0.29, 0.717) is 37.1 Å². The second-order valence-corrected chi connectivity index (χ2v) is 15.9. The van der Waals surface area contributed by atoms with Crippen LogP contribution in [-0.4, -0.2) is 72.3 Å². The molecule has 1 aromatic carbocycles. The van der Waals surface area contributed by atoms with Crippen molar-refractivity contribution in [3.8, 4) is 0 Å². The Morgan fingerprint density at radius 1 is 1.14 bits per heavy atom. The SMILES string of the molecule is CC[C@@H]1C[C@]1(NC(=O)[C@@H]1C[C@@H](OC(=O)C2CCCc3c(Cl)cccc3C2)CN1C(=O)OC(C)(C)C)C(=O)NS(=O)(=O)C1CC1. The molecule has 4 aliphatic rings. The number of carbonyl (C=O) groups excluding carboxylic acids is 4. The molecule has 1 unspecified atom stereocenters. The Balaban J connectivity index is 1.30. The van der Waals surface area contributed by atoms with E-state index >= 15 is 0 Å². The zero-order valence-electron chi connectivity index (χ0n) is 25.7. The summed E-state index contributed by atoms with van der Waals surface area (Å²) < 4.78 is 38.7. The van der Waals surface area contributed by atoms with Crippen LogP contribution in [0.2, 0.25) is 5.02 Å². The van der Waals surface area contributed by atoms with Crippen LogP contribution in [0.25, 0.3) is 0 Å². The molecule has 3 amide bonds. The van der Waals surface area contributed by atoms with Crippen LogP contribution in [0.5, 0.6) is 0 Å². The number of ether oxygens (including phenoxy) is 2. The first-order valence-electron chi connectivity index (χ1n) is 15.5. The highest BCUT2D eigenvalue weighted by Gasteiger charge is 2.62. The predicted octanol–water partition coefficient (Wildman–Crippen LogP) is 3.65. The maximum absolute atomic E-state index is 13.8. The predicted molar refractivity (Wildman–Crippen MR) is 162 cm³/mol.